The number of aliphatic hydroxyl groups excluding tert-OH is 2. The van der Waals surface area contributed by atoms with Crippen LogP contribution >= 0.6 is 0 Å². The number of aliphatic hydroxyl groups is 2. The number of aromatic nitrogens is 2. The number of halogens is 1. The van der Waals surface area contributed by atoms with Crippen LogP contribution < -0.4 is 11.2 Å². The predicted octanol–water partition coefficient (Wildman–Crippen LogP) is -1.24. The van der Waals surface area contributed by atoms with Gasteiger partial charge in [-0.25, -0.2) is 9.18 Å². The molecule has 0 amide bonds. The summed E-state index contributed by atoms with van der Waals surface area (Å²) in [5, 5.41) is 21.9. The van der Waals surface area contributed by atoms with Gasteiger partial charge in [0.1, 0.15) is 6.10 Å². The van der Waals surface area contributed by atoms with Crippen LogP contribution in [0.3, 0.4) is 0 Å². The van der Waals surface area contributed by atoms with Crippen molar-refractivity contribution < 1.29 is 19.3 Å². The zero-order valence-electron chi connectivity index (χ0n) is 9.88. The van der Waals surface area contributed by atoms with Gasteiger partial charge in [0.25, 0.3) is 5.56 Å². The highest BCUT2D eigenvalue weighted by molar-refractivity contribution is 5.01. The van der Waals surface area contributed by atoms with Gasteiger partial charge in [-0.15, -0.1) is 0 Å². The molecule has 1 aliphatic rings. The van der Waals surface area contributed by atoms with E-state index in [1.165, 1.54) is 0 Å². The molecular formula is C9H10FN5O5. The lowest BCUT2D eigenvalue weighted by atomic mass is 10.1. The van der Waals surface area contributed by atoms with E-state index >= 15 is 0 Å². The van der Waals surface area contributed by atoms with E-state index in [0.717, 1.165) is 12.3 Å². The van der Waals surface area contributed by atoms with Crippen LogP contribution in [-0.2, 0) is 4.74 Å². The van der Waals surface area contributed by atoms with E-state index in [1.807, 2.05) is 4.98 Å². The highest BCUT2D eigenvalue weighted by Crippen LogP contribution is 2.39. The van der Waals surface area contributed by atoms with Crippen molar-refractivity contribution in [3.8, 4) is 0 Å². The van der Waals surface area contributed by atoms with Crippen LogP contribution in [0.2, 0.25) is 0 Å². The van der Waals surface area contributed by atoms with Crippen molar-refractivity contribution in [2.24, 2.45) is 5.11 Å². The zero-order valence-corrected chi connectivity index (χ0v) is 9.88. The van der Waals surface area contributed by atoms with E-state index in [9.17, 15) is 19.1 Å². The number of H-pyrrole nitrogens is 1. The fourth-order valence-corrected chi connectivity index (χ4v) is 1.91. The molecule has 0 unspecified atom stereocenters. The Hall–Kier alpha value is -2.20. The van der Waals surface area contributed by atoms with Crippen LogP contribution in [0.5, 0.6) is 0 Å². The molecule has 0 spiro atoms. The number of hydrogen-bond acceptors (Lipinski definition) is 6. The van der Waals surface area contributed by atoms with E-state index < -0.39 is 42.1 Å². The summed E-state index contributed by atoms with van der Waals surface area (Å²) in [7, 11) is 0. The van der Waals surface area contributed by atoms with Gasteiger partial charge >= 0.3 is 5.69 Å². The molecule has 0 saturated carbocycles. The van der Waals surface area contributed by atoms with E-state index in [2.05, 4.69) is 10.0 Å². The Kier molecular flexibility index (Phi) is 3.59. The molecule has 11 heteroatoms. The Morgan fingerprint density at radius 3 is 2.90 bits per heavy atom. The molecule has 10 nitrogen and oxygen atoms in total. The lowest BCUT2D eigenvalue weighted by molar-refractivity contribution is -0.124. The smallest absolute Gasteiger partial charge is 0.330 e. The minimum absolute atomic E-state index is 0.680. The molecule has 1 aromatic heterocycles. The SMILES string of the molecule is [N-]=[N+]=N[C@]1(CO)O[C@@H](n2ccc(=O)[nH]c2=O)[C@H](F)[C@@H]1O. The quantitative estimate of drug-likeness (QED) is 0.360. The monoisotopic (exact) mass is 287 g/mol. The number of ether oxygens (including phenoxy) is 1. The summed E-state index contributed by atoms with van der Waals surface area (Å²) in [6.07, 6.45) is -4.79. The second-order valence-electron chi connectivity index (χ2n) is 4.11. The van der Waals surface area contributed by atoms with Gasteiger partial charge in [0.2, 0.25) is 5.72 Å². The van der Waals surface area contributed by atoms with Gasteiger partial charge in [0.05, 0.1) is 6.61 Å². The van der Waals surface area contributed by atoms with Crippen LogP contribution in [0.1, 0.15) is 6.23 Å². The number of rotatable bonds is 3. The topological polar surface area (TPSA) is 153 Å². The number of nitrogens with zero attached hydrogens (tertiary/aromatic N) is 4. The number of nitrogens with one attached hydrogen (secondary N) is 1. The number of hydrogen-bond donors (Lipinski definition) is 3. The van der Waals surface area contributed by atoms with Crippen molar-refractivity contribution in [3.05, 3.63) is 43.5 Å². The first-order valence-electron chi connectivity index (χ1n) is 5.44. The van der Waals surface area contributed by atoms with Crippen molar-refractivity contribution >= 4 is 0 Å². The van der Waals surface area contributed by atoms with Crippen LogP contribution in [0.15, 0.2) is 27.0 Å². The van der Waals surface area contributed by atoms with E-state index in [0.29, 0.717) is 4.57 Å². The molecule has 1 saturated heterocycles. The van der Waals surface area contributed by atoms with Gasteiger partial charge in [-0.1, -0.05) is 5.11 Å². The van der Waals surface area contributed by atoms with Crippen LogP contribution in [-0.4, -0.2) is 44.4 Å². The molecule has 0 bridgehead atoms. The van der Waals surface area contributed by atoms with Crippen molar-refractivity contribution in [1.82, 2.24) is 9.55 Å². The fraction of sp³-hybridized carbons (Fsp3) is 0.556. The fourth-order valence-electron chi connectivity index (χ4n) is 1.91. The minimum atomic E-state index is -2.23. The van der Waals surface area contributed by atoms with Gasteiger partial charge in [-0.05, 0) is 5.53 Å². The lowest BCUT2D eigenvalue weighted by Gasteiger charge is -2.23. The maximum atomic E-state index is 14.0. The molecule has 0 aliphatic carbocycles. The van der Waals surface area contributed by atoms with E-state index in [1.54, 1.807) is 0 Å². The van der Waals surface area contributed by atoms with Crippen molar-refractivity contribution in [1.29, 1.82) is 0 Å². The second-order valence-corrected chi connectivity index (χ2v) is 4.11. The second kappa shape index (κ2) is 5.06. The number of aromatic amines is 1. The Morgan fingerprint density at radius 1 is 1.65 bits per heavy atom. The summed E-state index contributed by atoms with van der Waals surface area (Å²) >= 11 is 0. The maximum absolute atomic E-state index is 14.0. The van der Waals surface area contributed by atoms with Gasteiger partial charge in [-0.3, -0.25) is 14.3 Å². The third-order valence-corrected chi connectivity index (χ3v) is 2.93. The van der Waals surface area contributed by atoms with Crippen LogP contribution in [0, 0.1) is 0 Å². The molecule has 0 radical (unpaired) electrons. The number of azide groups is 1. The molecule has 1 aliphatic heterocycles. The number of alkyl halides is 1. The van der Waals surface area contributed by atoms with Crippen LogP contribution in [0.4, 0.5) is 4.39 Å². The first-order valence-corrected chi connectivity index (χ1v) is 5.44. The Balaban J connectivity index is 2.47. The molecule has 2 heterocycles. The van der Waals surface area contributed by atoms with Crippen molar-refractivity contribution in [3.63, 3.8) is 0 Å². The average Bonchev–Trinajstić information content (AvgIpc) is 2.65. The molecule has 108 valence electrons. The molecule has 0 aromatic carbocycles. The summed E-state index contributed by atoms with van der Waals surface area (Å²) in [5.74, 6) is 0. The summed E-state index contributed by atoms with van der Waals surface area (Å²) in [6, 6.07) is 0.955. The molecule has 1 aromatic rings. The van der Waals surface area contributed by atoms with Gasteiger partial charge < -0.3 is 14.9 Å². The van der Waals surface area contributed by atoms with E-state index in [4.69, 9.17) is 15.4 Å². The molecule has 2 rings (SSSR count). The minimum Gasteiger partial charge on any atom is -0.393 e. The van der Waals surface area contributed by atoms with E-state index in [-0.39, 0.29) is 0 Å². The van der Waals surface area contributed by atoms with Crippen molar-refractivity contribution in [2.45, 2.75) is 24.2 Å². The Labute approximate surface area is 109 Å². The third-order valence-electron chi connectivity index (χ3n) is 2.93. The van der Waals surface area contributed by atoms with Crippen LogP contribution in [0.25, 0.3) is 10.4 Å². The Morgan fingerprint density at radius 2 is 2.35 bits per heavy atom. The summed E-state index contributed by atoms with van der Waals surface area (Å²) < 4.78 is 19.7. The molecule has 3 N–H and O–H groups in total. The zero-order chi connectivity index (χ0) is 14.9. The largest absolute Gasteiger partial charge is 0.393 e. The normalized spacial score (nSPS) is 32.9. The maximum Gasteiger partial charge on any atom is 0.330 e. The molecule has 20 heavy (non-hydrogen) atoms. The summed E-state index contributed by atoms with van der Waals surface area (Å²) in [4.78, 5) is 26.7. The highest BCUT2D eigenvalue weighted by atomic mass is 19.1. The highest BCUT2D eigenvalue weighted by Gasteiger charge is 2.56. The Bertz CT molecular complexity index is 667. The predicted molar refractivity (Wildman–Crippen MR) is 61.3 cm³/mol. The average molecular weight is 287 g/mol. The van der Waals surface area contributed by atoms with Crippen molar-refractivity contribution in [2.75, 3.05) is 6.61 Å². The van der Waals surface area contributed by atoms with Gasteiger partial charge in [0, 0.05) is 17.2 Å². The standard InChI is InChI=1S/C9H10FN5O5/c10-5-6(18)9(3-16,13-14-11)20-7(5)15-2-1-4(17)12-8(15)19/h1-2,5-7,16,18H,3H2,(H,12,17,19)/t5-,6+,7-,9-/m1/s1. The summed E-state index contributed by atoms with van der Waals surface area (Å²) in [5.41, 5.74) is 4.51. The first kappa shape index (κ1) is 14.2. The molecule has 4 atom stereocenters. The van der Waals surface area contributed by atoms with Gasteiger partial charge in [0.15, 0.2) is 12.4 Å². The molecule has 1 fully saturated rings. The molecular weight excluding hydrogens is 277 g/mol. The lowest BCUT2D eigenvalue weighted by Crippen LogP contribution is -2.43. The summed E-state index contributed by atoms with van der Waals surface area (Å²) in [6.45, 7) is -0.979. The third kappa shape index (κ3) is 2.08. The first-order chi connectivity index (χ1) is 9.45. The van der Waals surface area contributed by atoms with Gasteiger partial charge in [-0.2, -0.15) is 0 Å².